The van der Waals surface area contributed by atoms with Gasteiger partial charge in [-0.1, -0.05) is 20.8 Å². The molecule has 0 N–H and O–H groups in total. The molecule has 0 amide bonds. The van der Waals surface area contributed by atoms with Gasteiger partial charge < -0.3 is 13.5 Å². The van der Waals surface area contributed by atoms with Gasteiger partial charge in [0.15, 0.2) is 14.1 Å². The summed E-state index contributed by atoms with van der Waals surface area (Å²) in [4.78, 5) is 12.0. The lowest BCUT2D eigenvalue weighted by Crippen LogP contribution is -2.45. The van der Waals surface area contributed by atoms with Crippen molar-refractivity contribution in [3.63, 3.8) is 0 Å². The first kappa shape index (κ1) is 19.0. The fraction of sp³-hybridized carbons (Fsp3) is 0.917. The molecular weight excluding hydrogens is 283 g/mol. The van der Waals surface area contributed by atoms with Crippen LogP contribution in [0.15, 0.2) is 0 Å². The number of hydrogen-bond acceptors (Lipinski definition) is 5. The molecule has 7 heteroatoms. The van der Waals surface area contributed by atoms with Crippen molar-refractivity contribution in [3.05, 3.63) is 0 Å². The van der Waals surface area contributed by atoms with Crippen LogP contribution in [0.25, 0.3) is 0 Å². The van der Waals surface area contributed by atoms with Crippen molar-refractivity contribution in [2.45, 2.75) is 51.9 Å². The average Bonchev–Trinajstić information content (AvgIpc) is 2.26. The van der Waals surface area contributed by atoms with Crippen LogP contribution in [-0.2, 0) is 22.8 Å². The second-order valence-electron chi connectivity index (χ2n) is 6.12. The predicted molar refractivity (Wildman–Crippen MR) is 79.2 cm³/mol. The number of carbonyl (C=O) groups excluding carboxylic acids is 1. The first-order chi connectivity index (χ1) is 8.38. The van der Waals surface area contributed by atoms with Crippen molar-refractivity contribution >= 4 is 21.7 Å². The Morgan fingerprint density at radius 1 is 1.21 bits per heavy atom. The van der Waals surface area contributed by atoms with Crippen LogP contribution in [0.2, 0.25) is 18.1 Å². The van der Waals surface area contributed by atoms with E-state index in [0.717, 1.165) is 0 Å². The normalized spacial score (nSPS) is 15.4. The van der Waals surface area contributed by atoms with Crippen molar-refractivity contribution in [1.82, 2.24) is 0 Å². The largest absolute Gasteiger partial charge is 0.407 e. The molecule has 0 aromatic rings. The third-order valence-electron chi connectivity index (χ3n) is 3.64. The fourth-order valence-corrected chi connectivity index (χ4v) is 3.62. The summed E-state index contributed by atoms with van der Waals surface area (Å²) in [6, 6.07) is 0. The Hall–Kier alpha value is -0.00312. The third-order valence-corrected chi connectivity index (χ3v) is 10.0. The van der Waals surface area contributed by atoms with Crippen LogP contribution in [-0.4, -0.2) is 40.6 Å². The molecule has 0 aromatic carbocycles. The Labute approximate surface area is 117 Å². The van der Waals surface area contributed by atoms with E-state index in [1.54, 1.807) is 6.92 Å². The molecular formula is C12H27O5PSi. The van der Waals surface area contributed by atoms with Crippen LogP contribution in [0.4, 0.5) is 0 Å². The van der Waals surface area contributed by atoms with E-state index in [9.17, 15) is 9.36 Å². The van der Waals surface area contributed by atoms with Crippen LogP contribution in [0.1, 0.15) is 27.7 Å². The molecule has 0 saturated carbocycles. The van der Waals surface area contributed by atoms with Crippen molar-refractivity contribution in [1.29, 1.82) is 0 Å². The number of hydrogen-bond donors (Lipinski definition) is 0. The molecule has 0 aromatic heterocycles. The molecule has 1 atom stereocenters. The molecule has 19 heavy (non-hydrogen) atoms. The van der Waals surface area contributed by atoms with Gasteiger partial charge in [0, 0.05) is 14.2 Å². The second kappa shape index (κ2) is 6.63. The van der Waals surface area contributed by atoms with Crippen LogP contribution in [0.3, 0.4) is 0 Å². The van der Waals surface area contributed by atoms with Crippen molar-refractivity contribution in [3.8, 4) is 0 Å². The van der Waals surface area contributed by atoms with Crippen molar-refractivity contribution in [2.24, 2.45) is 0 Å². The lowest BCUT2D eigenvalue weighted by molar-refractivity contribution is -0.123. The lowest BCUT2D eigenvalue weighted by Gasteiger charge is -2.38. The summed E-state index contributed by atoms with van der Waals surface area (Å²) in [6.07, 6.45) is -0.852. The Kier molecular flexibility index (Phi) is 6.63. The molecule has 0 heterocycles. The van der Waals surface area contributed by atoms with E-state index in [2.05, 4.69) is 33.9 Å². The zero-order valence-corrected chi connectivity index (χ0v) is 15.2. The molecule has 5 nitrogen and oxygen atoms in total. The highest BCUT2D eigenvalue weighted by molar-refractivity contribution is 7.54. The van der Waals surface area contributed by atoms with Crippen LogP contribution in [0, 0.1) is 0 Å². The fourth-order valence-electron chi connectivity index (χ4n) is 1.21. The van der Waals surface area contributed by atoms with E-state index in [0.29, 0.717) is 0 Å². The summed E-state index contributed by atoms with van der Waals surface area (Å²) in [5, 5.41) is 0.0216. The van der Waals surface area contributed by atoms with E-state index in [1.165, 1.54) is 14.2 Å². The number of rotatable bonds is 7. The van der Waals surface area contributed by atoms with Gasteiger partial charge in [-0.3, -0.25) is 9.36 Å². The summed E-state index contributed by atoms with van der Waals surface area (Å²) in [7, 11) is -2.78. The molecule has 0 aliphatic rings. The molecule has 0 fully saturated rings. The number of ketones is 1. The van der Waals surface area contributed by atoms with E-state index < -0.39 is 22.0 Å². The highest BCUT2D eigenvalue weighted by Gasteiger charge is 2.40. The minimum absolute atomic E-state index is 0.0216. The molecule has 0 aliphatic heterocycles. The smallest absolute Gasteiger partial charge is 0.337 e. The molecule has 1 unspecified atom stereocenters. The third kappa shape index (κ3) is 5.48. The molecule has 0 rings (SSSR count). The van der Waals surface area contributed by atoms with Crippen molar-refractivity contribution < 1.29 is 22.8 Å². The van der Waals surface area contributed by atoms with Gasteiger partial charge >= 0.3 is 7.60 Å². The minimum Gasteiger partial charge on any atom is -0.407 e. The van der Waals surface area contributed by atoms with Gasteiger partial charge in [-0.15, -0.1) is 0 Å². The summed E-state index contributed by atoms with van der Waals surface area (Å²) >= 11 is 0. The molecule has 0 radical (unpaired) electrons. The van der Waals surface area contributed by atoms with Gasteiger partial charge in [0.25, 0.3) is 0 Å². The second-order valence-corrected chi connectivity index (χ2v) is 13.1. The Balaban J connectivity index is 4.74. The van der Waals surface area contributed by atoms with E-state index >= 15 is 0 Å². The van der Waals surface area contributed by atoms with Crippen LogP contribution < -0.4 is 0 Å². The van der Waals surface area contributed by atoms with Gasteiger partial charge in [0.05, 0.1) is 0 Å². The summed E-state index contributed by atoms with van der Waals surface area (Å²) in [6.45, 7) is 12.1. The van der Waals surface area contributed by atoms with Gasteiger partial charge in [-0.25, -0.2) is 0 Å². The van der Waals surface area contributed by atoms with Gasteiger partial charge in [0.2, 0.25) is 0 Å². The quantitative estimate of drug-likeness (QED) is 0.532. The number of carbonyl (C=O) groups is 1. The SMILES string of the molecule is COP(=O)(CC(=O)C(C)O[Si](C)(C)C(C)(C)C)OC. The van der Waals surface area contributed by atoms with E-state index in [1.807, 2.05) is 0 Å². The maximum absolute atomic E-state index is 12.0. The van der Waals surface area contributed by atoms with Gasteiger partial charge in [0.1, 0.15) is 12.3 Å². The Morgan fingerprint density at radius 2 is 1.63 bits per heavy atom. The molecule has 0 spiro atoms. The lowest BCUT2D eigenvalue weighted by atomic mass is 10.2. The molecule has 0 aliphatic carbocycles. The maximum Gasteiger partial charge on any atom is 0.337 e. The summed E-state index contributed by atoms with van der Waals surface area (Å²) in [5.74, 6) is -0.253. The maximum atomic E-state index is 12.0. The standard InChI is InChI=1S/C12H27O5PSi/c1-10(17-19(7,8)12(2,3)4)11(13)9-18(14,15-5)16-6/h10H,9H2,1-8H3. The average molecular weight is 310 g/mol. The van der Waals surface area contributed by atoms with E-state index in [4.69, 9.17) is 13.5 Å². The minimum atomic E-state index is -3.31. The van der Waals surface area contributed by atoms with Crippen LogP contribution in [0.5, 0.6) is 0 Å². The van der Waals surface area contributed by atoms with Gasteiger partial charge in [-0.05, 0) is 25.1 Å². The van der Waals surface area contributed by atoms with Crippen LogP contribution >= 0.6 is 7.60 Å². The topological polar surface area (TPSA) is 61.8 Å². The zero-order chi connectivity index (χ0) is 15.5. The summed E-state index contributed by atoms with van der Waals surface area (Å²) in [5.41, 5.74) is 0. The van der Waals surface area contributed by atoms with Crippen molar-refractivity contribution in [2.75, 3.05) is 20.4 Å². The molecule has 0 saturated heterocycles. The highest BCUT2D eigenvalue weighted by atomic mass is 31.2. The zero-order valence-electron chi connectivity index (χ0n) is 13.3. The van der Waals surface area contributed by atoms with Gasteiger partial charge in [-0.2, -0.15) is 0 Å². The first-order valence-electron chi connectivity index (χ1n) is 6.29. The number of Topliss-reactive ketones (excluding diaryl/α,β-unsaturated/α-hetero) is 1. The summed E-state index contributed by atoms with van der Waals surface area (Å²) < 4.78 is 27.4. The Morgan fingerprint density at radius 3 is 1.95 bits per heavy atom. The predicted octanol–water partition coefficient (Wildman–Crippen LogP) is 3.45. The molecule has 114 valence electrons. The van der Waals surface area contributed by atoms with E-state index in [-0.39, 0.29) is 17.0 Å². The first-order valence-corrected chi connectivity index (χ1v) is 10.9. The highest BCUT2D eigenvalue weighted by Crippen LogP contribution is 2.46. The molecule has 0 bridgehead atoms. The Bertz CT molecular complexity index is 354. The monoisotopic (exact) mass is 310 g/mol.